The number of nitrogens with zero attached hydrogens (tertiary/aromatic N) is 1. The molecule has 4 nitrogen and oxygen atoms in total. The number of hydrogen-bond acceptors (Lipinski definition) is 3. The van der Waals surface area contributed by atoms with E-state index in [0.717, 1.165) is 12.8 Å². The molecule has 0 bridgehead atoms. The molecule has 0 aromatic heterocycles. The van der Waals surface area contributed by atoms with E-state index in [1.807, 2.05) is 27.7 Å². The molecule has 0 radical (unpaired) electrons. The normalized spacial score (nSPS) is 11.9. The van der Waals surface area contributed by atoms with Crippen LogP contribution in [-0.2, 0) is 9.53 Å². The number of amides is 1. The molecule has 0 saturated heterocycles. The van der Waals surface area contributed by atoms with Gasteiger partial charge in [-0.2, -0.15) is 0 Å². The van der Waals surface area contributed by atoms with Crippen molar-refractivity contribution in [3.8, 4) is 0 Å². The van der Waals surface area contributed by atoms with Gasteiger partial charge in [-0.3, -0.25) is 4.79 Å². The summed E-state index contributed by atoms with van der Waals surface area (Å²) in [5.41, 5.74) is 5.36. The summed E-state index contributed by atoms with van der Waals surface area (Å²) in [5, 5.41) is 0. The number of rotatable bonds is 7. The quantitative estimate of drug-likeness (QED) is 0.719. The summed E-state index contributed by atoms with van der Waals surface area (Å²) in [6, 6.07) is 0.201. The van der Waals surface area contributed by atoms with Crippen LogP contribution >= 0.6 is 0 Å². The molecule has 0 heterocycles. The molecule has 0 fully saturated rings. The zero-order valence-corrected chi connectivity index (χ0v) is 11.2. The first-order valence-corrected chi connectivity index (χ1v) is 6.02. The summed E-state index contributed by atoms with van der Waals surface area (Å²) in [4.78, 5) is 13.4. The van der Waals surface area contributed by atoms with Crippen molar-refractivity contribution in [2.24, 2.45) is 5.73 Å². The minimum atomic E-state index is -0.340. The smallest absolute Gasteiger partial charge is 0.248 e. The Morgan fingerprint density at radius 2 is 1.88 bits per heavy atom. The van der Waals surface area contributed by atoms with E-state index in [-0.39, 0.29) is 24.2 Å². The Kier molecular flexibility index (Phi) is 6.60. The largest absolute Gasteiger partial charge is 0.364 e. The van der Waals surface area contributed by atoms with Crippen molar-refractivity contribution in [1.82, 2.24) is 4.90 Å². The minimum absolute atomic E-state index is 0.00900. The molecule has 1 amide bonds. The molecule has 0 spiro atoms. The van der Waals surface area contributed by atoms with E-state index in [4.69, 9.17) is 10.5 Å². The summed E-state index contributed by atoms with van der Waals surface area (Å²) in [6.07, 6.45) is 1.66. The first-order valence-electron chi connectivity index (χ1n) is 6.02. The van der Waals surface area contributed by atoms with Gasteiger partial charge in [-0.25, -0.2) is 0 Å². The summed E-state index contributed by atoms with van der Waals surface area (Å²) >= 11 is 0. The van der Waals surface area contributed by atoms with Gasteiger partial charge in [0.2, 0.25) is 5.91 Å². The first kappa shape index (κ1) is 15.4. The van der Waals surface area contributed by atoms with Gasteiger partial charge >= 0.3 is 0 Å². The maximum atomic E-state index is 11.7. The second kappa shape index (κ2) is 6.86. The number of nitrogens with two attached hydrogens (primary N) is 1. The van der Waals surface area contributed by atoms with Crippen molar-refractivity contribution in [1.29, 1.82) is 0 Å². The van der Waals surface area contributed by atoms with Gasteiger partial charge in [0.15, 0.2) is 0 Å². The Labute approximate surface area is 99.1 Å². The van der Waals surface area contributed by atoms with Crippen molar-refractivity contribution in [3.05, 3.63) is 0 Å². The molecule has 0 aliphatic carbocycles. The molecule has 96 valence electrons. The minimum Gasteiger partial charge on any atom is -0.364 e. The molecule has 16 heavy (non-hydrogen) atoms. The average molecular weight is 230 g/mol. The molecule has 0 atom stereocenters. The standard InChI is InChI=1S/C12H26N2O2/c1-6-12(7-2,9-13)16-8-11(15)14(5)10(3)4/h10H,6-9,13H2,1-5H3. The van der Waals surface area contributed by atoms with Crippen molar-refractivity contribution >= 4 is 5.91 Å². The summed E-state index contributed by atoms with van der Waals surface area (Å²) < 4.78 is 5.69. The van der Waals surface area contributed by atoms with E-state index < -0.39 is 0 Å². The predicted molar refractivity (Wildman–Crippen MR) is 66.2 cm³/mol. The van der Waals surface area contributed by atoms with E-state index in [0.29, 0.717) is 6.54 Å². The van der Waals surface area contributed by atoms with Gasteiger partial charge in [0.1, 0.15) is 6.61 Å². The molecule has 0 unspecified atom stereocenters. The highest BCUT2D eigenvalue weighted by molar-refractivity contribution is 5.77. The predicted octanol–water partition coefficient (Wildman–Crippen LogP) is 1.39. The lowest BCUT2D eigenvalue weighted by Gasteiger charge is -2.31. The molecular weight excluding hydrogens is 204 g/mol. The maximum Gasteiger partial charge on any atom is 0.248 e. The van der Waals surface area contributed by atoms with Crippen LogP contribution in [0.4, 0.5) is 0 Å². The highest BCUT2D eigenvalue weighted by atomic mass is 16.5. The monoisotopic (exact) mass is 230 g/mol. The highest BCUT2D eigenvalue weighted by Crippen LogP contribution is 2.18. The van der Waals surface area contributed by atoms with Gasteiger partial charge in [-0.05, 0) is 26.7 Å². The number of carbonyl (C=O) groups excluding carboxylic acids is 1. The Hall–Kier alpha value is -0.610. The topological polar surface area (TPSA) is 55.6 Å². The second-order valence-electron chi connectivity index (χ2n) is 4.48. The molecule has 0 aromatic carbocycles. The first-order chi connectivity index (χ1) is 7.42. The molecular formula is C12H26N2O2. The summed E-state index contributed by atoms with van der Waals surface area (Å²) in [5.74, 6) is 0.00900. The van der Waals surface area contributed by atoms with Crippen LogP contribution in [-0.4, -0.2) is 42.6 Å². The van der Waals surface area contributed by atoms with Crippen molar-refractivity contribution in [2.75, 3.05) is 20.2 Å². The fourth-order valence-corrected chi connectivity index (χ4v) is 1.41. The lowest BCUT2D eigenvalue weighted by molar-refractivity contribution is -0.143. The highest BCUT2D eigenvalue weighted by Gasteiger charge is 2.26. The van der Waals surface area contributed by atoms with E-state index in [2.05, 4.69) is 0 Å². The molecule has 2 N–H and O–H groups in total. The van der Waals surface area contributed by atoms with E-state index in [1.165, 1.54) is 0 Å². The number of carbonyl (C=O) groups is 1. The van der Waals surface area contributed by atoms with Crippen molar-refractivity contribution < 1.29 is 9.53 Å². The fourth-order valence-electron chi connectivity index (χ4n) is 1.41. The van der Waals surface area contributed by atoms with Gasteiger partial charge in [-0.1, -0.05) is 13.8 Å². The zero-order valence-electron chi connectivity index (χ0n) is 11.2. The molecule has 0 saturated carbocycles. The van der Waals surface area contributed by atoms with Gasteiger partial charge in [0, 0.05) is 19.6 Å². The zero-order chi connectivity index (χ0) is 12.8. The summed E-state index contributed by atoms with van der Waals surface area (Å²) in [7, 11) is 1.79. The molecule has 4 heteroatoms. The number of ether oxygens (including phenoxy) is 1. The summed E-state index contributed by atoms with van der Waals surface area (Å²) in [6.45, 7) is 8.60. The van der Waals surface area contributed by atoms with Crippen LogP contribution in [0.3, 0.4) is 0 Å². The van der Waals surface area contributed by atoms with Crippen LogP contribution < -0.4 is 5.73 Å². The lowest BCUT2D eigenvalue weighted by atomic mass is 9.97. The Balaban J connectivity index is 4.26. The molecule has 0 aromatic rings. The van der Waals surface area contributed by atoms with Crippen LogP contribution in [0.25, 0.3) is 0 Å². The van der Waals surface area contributed by atoms with E-state index >= 15 is 0 Å². The van der Waals surface area contributed by atoms with E-state index in [9.17, 15) is 4.79 Å². The average Bonchev–Trinajstić information content (AvgIpc) is 2.30. The van der Waals surface area contributed by atoms with Gasteiger partial charge in [-0.15, -0.1) is 0 Å². The van der Waals surface area contributed by atoms with Gasteiger partial charge in [0.05, 0.1) is 5.60 Å². The van der Waals surface area contributed by atoms with Gasteiger partial charge < -0.3 is 15.4 Å². The SMILES string of the molecule is CCC(CC)(CN)OCC(=O)N(C)C(C)C. The number of hydrogen-bond donors (Lipinski definition) is 1. The van der Waals surface area contributed by atoms with Crippen LogP contribution in [0.5, 0.6) is 0 Å². The van der Waals surface area contributed by atoms with E-state index in [1.54, 1.807) is 11.9 Å². The second-order valence-corrected chi connectivity index (χ2v) is 4.48. The third-order valence-corrected chi connectivity index (χ3v) is 3.33. The Bertz CT molecular complexity index is 205. The van der Waals surface area contributed by atoms with Crippen molar-refractivity contribution in [2.45, 2.75) is 52.2 Å². The Morgan fingerprint density at radius 3 is 2.19 bits per heavy atom. The van der Waals surface area contributed by atoms with Crippen LogP contribution in [0.1, 0.15) is 40.5 Å². The molecule has 0 aliphatic rings. The van der Waals surface area contributed by atoms with Crippen LogP contribution in [0, 0.1) is 0 Å². The lowest BCUT2D eigenvalue weighted by Crippen LogP contribution is -2.44. The third kappa shape index (κ3) is 4.10. The third-order valence-electron chi connectivity index (χ3n) is 3.33. The van der Waals surface area contributed by atoms with Crippen molar-refractivity contribution in [3.63, 3.8) is 0 Å². The van der Waals surface area contributed by atoms with Crippen LogP contribution in [0.15, 0.2) is 0 Å². The maximum absolute atomic E-state index is 11.7. The molecule has 0 rings (SSSR count). The Morgan fingerprint density at radius 1 is 1.38 bits per heavy atom. The van der Waals surface area contributed by atoms with Crippen LogP contribution in [0.2, 0.25) is 0 Å². The molecule has 0 aliphatic heterocycles. The number of likely N-dealkylation sites (N-methyl/N-ethyl adjacent to an activating group) is 1. The van der Waals surface area contributed by atoms with Gasteiger partial charge in [0.25, 0.3) is 0 Å². The fraction of sp³-hybridized carbons (Fsp3) is 0.917.